The second-order valence-corrected chi connectivity index (χ2v) is 3.78. The maximum absolute atomic E-state index is 9.75. The van der Waals surface area contributed by atoms with Gasteiger partial charge in [0, 0.05) is 5.56 Å². The summed E-state index contributed by atoms with van der Waals surface area (Å²) in [5.41, 5.74) is 0.637. The van der Waals surface area contributed by atoms with Crippen molar-refractivity contribution in [3.05, 3.63) is 28.6 Å². The van der Waals surface area contributed by atoms with E-state index in [1.54, 1.807) is 6.07 Å². The van der Waals surface area contributed by atoms with Crippen molar-refractivity contribution in [3.8, 4) is 11.8 Å². The van der Waals surface area contributed by atoms with Crippen molar-refractivity contribution in [3.63, 3.8) is 0 Å². The van der Waals surface area contributed by atoms with Crippen LogP contribution in [0.4, 0.5) is 0 Å². The number of fused-ring (bicyclic) bond motifs is 1. The van der Waals surface area contributed by atoms with Gasteiger partial charge in [-0.25, -0.2) is 0 Å². The van der Waals surface area contributed by atoms with Crippen LogP contribution in [0, 0.1) is 11.3 Å². The molecule has 2 N–H and O–H groups in total. The van der Waals surface area contributed by atoms with Crippen molar-refractivity contribution >= 4 is 21.4 Å². The van der Waals surface area contributed by atoms with Crippen LogP contribution in [0.3, 0.4) is 0 Å². The van der Waals surface area contributed by atoms with Gasteiger partial charge in [-0.1, -0.05) is 0 Å². The number of hydrogen-bond donors (Lipinski definition) is 2. The molecule has 0 fully saturated rings. The Kier molecular flexibility index (Phi) is 2.12. The van der Waals surface area contributed by atoms with E-state index < -0.39 is 0 Å². The average Bonchev–Trinajstić information content (AvgIpc) is 2.65. The number of hydrogen-bond acceptors (Lipinski definition) is 4. The molecule has 14 heavy (non-hydrogen) atoms. The fourth-order valence-corrected chi connectivity index (χ4v) is 2.24. The van der Waals surface area contributed by atoms with Crippen molar-refractivity contribution in [2.75, 3.05) is 0 Å². The summed E-state index contributed by atoms with van der Waals surface area (Å²) in [5, 5.41) is 30.2. The topological polar surface area (TPSA) is 64.2 Å². The van der Waals surface area contributed by atoms with Crippen LogP contribution in [0.5, 0.6) is 5.75 Å². The second kappa shape index (κ2) is 3.29. The molecule has 4 heteroatoms. The Labute approximate surface area is 84.5 Å². The van der Waals surface area contributed by atoms with E-state index in [4.69, 9.17) is 10.4 Å². The number of thiophene rings is 1. The van der Waals surface area contributed by atoms with E-state index in [9.17, 15) is 5.11 Å². The van der Waals surface area contributed by atoms with Gasteiger partial charge in [-0.2, -0.15) is 5.26 Å². The Bertz CT molecular complexity index is 525. The zero-order chi connectivity index (χ0) is 10.1. The molecule has 0 aliphatic heterocycles. The fraction of sp³-hybridized carbons (Fsp3) is 0.100. The molecule has 0 amide bonds. The Morgan fingerprint density at radius 1 is 1.50 bits per heavy atom. The van der Waals surface area contributed by atoms with Gasteiger partial charge in [-0.3, -0.25) is 0 Å². The molecule has 2 aromatic rings. The molecule has 1 heterocycles. The molecule has 0 radical (unpaired) electrons. The molecule has 0 saturated carbocycles. The second-order valence-electron chi connectivity index (χ2n) is 2.86. The van der Waals surface area contributed by atoms with Crippen molar-refractivity contribution < 1.29 is 10.2 Å². The van der Waals surface area contributed by atoms with Crippen LogP contribution in [0.15, 0.2) is 17.5 Å². The van der Waals surface area contributed by atoms with E-state index in [2.05, 4.69) is 0 Å². The van der Waals surface area contributed by atoms with Crippen LogP contribution in [-0.2, 0) is 6.61 Å². The first kappa shape index (κ1) is 9.00. The van der Waals surface area contributed by atoms with Crippen LogP contribution in [0.25, 0.3) is 10.1 Å². The molecule has 0 aliphatic rings. The number of aliphatic hydroxyl groups excluding tert-OH is 1. The standard InChI is InChI=1S/C10H7NO2S/c11-4-7-3-6-1-2-14-10(6)9(13)8(7)5-12/h1-3,12-13H,5H2. The smallest absolute Gasteiger partial charge is 0.140 e. The number of rotatable bonds is 1. The minimum Gasteiger partial charge on any atom is -0.506 e. The van der Waals surface area contributed by atoms with E-state index in [0.29, 0.717) is 15.8 Å². The molecule has 0 saturated heterocycles. The van der Waals surface area contributed by atoms with Gasteiger partial charge in [0.05, 0.1) is 22.9 Å². The third-order valence-electron chi connectivity index (χ3n) is 2.10. The van der Waals surface area contributed by atoms with Crippen LogP contribution in [0.1, 0.15) is 11.1 Å². The van der Waals surface area contributed by atoms with Crippen molar-refractivity contribution in [1.82, 2.24) is 0 Å². The molecular weight excluding hydrogens is 198 g/mol. The summed E-state index contributed by atoms with van der Waals surface area (Å²) in [4.78, 5) is 0. The molecule has 0 aliphatic carbocycles. The summed E-state index contributed by atoms with van der Waals surface area (Å²) in [6.45, 7) is -0.317. The van der Waals surface area contributed by atoms with Gasteiger partial charge in [-0.05, 0) is 22.9 Å². The van der Waals surface area contributed by atoms with Gasteiger partial charge in [0.2, 0.25) is 0 Å². The highest BCUT2D eigenvalue weighted by molar-refractivity contribution is 7.17. The lowest BCUT2D eigenvalue weighted by Crippen LogP contribution is -1.90. The lowest BCUT2D eigenvalue weighted by molar-refractivity contribution is 0.276. The van der Waals surface area contributed by atoms with Gasteiger partial charge in [0.15, 0.2) is 0 Å². The summed E-state index contributed by atoms with van der Waals surface area (Å²) >= 11 is 1.39. The van der Waals surface area contributed by atoms with E-state index in [1.807, 2.05) is 17.5 Å². The Morgan fingerprint density at radius 2 is 2.29 bits per heavy atom. The molecule has 2 rings (SSSR count). The number of phenols is 1. The average molecular weight is 205 g/mol. The quantitative estimate of drug-likeness (QED) is 0.748. The van der Waals surface area contributed by atoms with Gasteiger partial charge < -0.3 is 10.2 Å². The summed E-state index contributed by atoms with van der Waals surface area (Å²) in [6.07, 6.45) is 0. The molecule has 0 bridgehead atoms. The first-order chi connectivity index (χ1) is 6.77. The third-order valence-corrected chi connectivity index (χ3v) is 3.04. The third kappa shape index (κ3) is 1.15. The first-order valence-corrected chi connectivity index (χ1v) is 4.89. The molecule has 1 aromatic heterocycles. The van der Waals surface area contributed by atoms with Crippen LogP contribution in [0.2, 0.25) is 0 Å². The summed E-state index contributed by atoms with van der Waals surface area (Å²) in [5.74, 6) is 0.0246. The van der Waals surface area contributed by atoms with E-state index in [0.717, 1.165) is 5.39 Å². The number of aromatic hydroxyl groups is 1. The van der Waals surface area contributed by atoms with E-state index in [1.165, 1.54) is 11.3 Å². The SMILES string of the molecule is N#Cc1cc2ccsc2c(O)c1CO. The molecule has 3 nitrogen and oxygen atoms in total. The van der Waals surface area contributed by atoms with Crippen LogP contribution in [-0.4, -0.2) is 10.2 Å². The zero-order valence-corrected chi connectivity index (χ0v) is 8.01. The maximum Gasteiger partial charge on any atom is 0.140 e. The minimum absolute atomic E-state index is 0.0246. The lowest BCUT2D eigenvalue weighted by atomic mass is 10.1. The molecule has 0 spiro atoms. The predicted octanol–water partition coefficient (Wildman–Crippen LogP) is 1.97. The highest BCUT2D eigenvalue weighted by Crippen LogP contribution is 2.35. The number of nitriles is 1. The van der Waals surface area contributed by atoms with Crippen LogP contribution < -0.4 is 0 Å². The monoisotopic (exact) mass is 205 g/mol. The lowest BCUT2D eigenvalue weighted by Gasteiger charge is -2.04. The number of nitrogens with zero attached hydrogens (tertiary/aromatic N) is 1. The Balaban J connectivity index is 2.87. The number of aliphatic hydroxyl groups is 1. The van der Waals surface area contributed by atoms with Gasteiger partial charge in [0.1, 0.15) is 5.75 Å². The predicted molar refractivity (Wildman–Crippen MR) is 54.1 cm³/mol. The van der Waals surface area contributed by atoms with Crippen LogP contribution >= 0.6 is 11.3 Å². The summed E-state index contributed by atoms with van der Waals surface area (Å²) in [7, 11) is 0. The molecular formula is C10H7NO2S. The van der Waals surface area contributed by atoms with E-state index >= 15 is 0 Å². The summed E-state index contributed by atoms with van der Waals surface area (Å²) < 4.78 is 0.716. The largest absolute Gasteiger partial charge is 0.506 e. The zero-order valence-electron chi connectivity index (χ0n) is 7.19. The van der Waals surface area contributed by atoms with Crippen molar-refractivity contribution in [2.24, 2.45) is 0 Å². The van der Waals surface area contributed by atoms with Gasteiger partial charge in [0.25, 0.3) is 0 Å². The highest BCUT2D eigenvalue weighted by atomic mass is 32.1. The first-order valence-electron chi connectivity index (χ1n) is 4.01. The fourth-order valence-electron chi connectivity index (χ4n) is 1.39. The Morgan fingerprint density at radius 3 is 2.93 bits per heavy atom. The molecule has 0 atom stereocenters. The van der Waals surface area contributed by atoms with Gasteiger partial charge >= 0.3 is 0 Å². The molecule has 0 unspecified atom stereocenters. The number of benzene rings is 1. The molecule has 1 aromatic carbocycles. The van der Waals surface area contributed by atoms with Crippen molar-refractivity contribution in [2.45, 2.75) is 6.61 Å². The van der Waals surface area contributed by atoms with E-state index in [-0.39, 0.29) is 12.4 Å². The Hall–Kier alpha value is -1.57. The molecule has 70 valence electrons. The highest BCUT2D eigenvalue weighted by Gasteiger charge is 2.12. The summed E-state index contributed by atoms with van der Waals surface area (Å²) in [6, 6.07) is 5.47. The maximum atomic E-state index is 9.75. The minimum atomic E-state index is -0.317. The normalized spacial score (nSPS) is 10.3. The van der Waals surface area contributed by atoms with Gasteiger partial charge in [-0.15, -0.1) is 11.3 Å². The van der Waals surface area contributed by atoms with Crippen molar-refractivity contribution in [1.29, 1.82) is 5.26 Å².